The first-order valence-corrected chi connectivity index (χ1v) is 10.2. The van der Waals surface area contributed by atoms with Crippen LogP contribution in [-0.2, 0) is 0 Å². The highest BCUT2D eigenvalue weighted by Crippen LogP contribution is 2.32. The average Bonchev–Trinajstić information content (AvgIpc) is 2.43. The Kier molecular flexibility index (Phi) is 4.44. The Morgan fingerprint density at radius 1 is 1.27 bits per heavy atom. The molecule has 1 saturated heterocycles. The second-order valence-electron chi connectivity index (χ2n) is 7.02. The van der Waals surface area contributed by atoms with E-state index in [1.165, 1.54) is 0 Å². The van der Waals surface area contributed by atoms with Crippen molar-refractivity contribution in [1.82, 2.24) is 9.88 Å². The van der Waals surface area contributed by atoms with Crippen LogP contribution in [0.5, 0.6) is 0 Å². The Labute approximate surface area is 135 Å². The molecule has 0 aromatic carbocycles. The van der Waals surface area contributed by atoms with Gasteiger partial charge < -0.3 is 4.90 Å². The molecule has 1 aliphatic rings. The lowest BCUT2D eigenvalue weighted by Gasteiger charge is -2.44. The summed E-state index contributed by atoms with van der Waals surface area (Å²) in [5, 5.41) is 3.27. The van der Waals surface area contributed by atoms with Gasteiger partial charge in [-0.15, -0.1) is 0 Å². The van der Waals surface area contributed by atoms with Crippen molar-refractivity contribution in [2.45, 2.75) is 25.8 Å². The summed E-state index contributed by atoms with van der Waals surface area (Å²) in [5.41, 5.74) is 0.790. The quantitative estimate of drug-likeness (QED) is 0.746. The van der Waals surface area contributed by atoms with Crippen molar-refractivity contribution in [1.29, 1.82) is 0 Å². The molecule has 1 aromatic heterocycles. The second kappa shape index (κ2) is 5.85. The van der Waals surface area contributed by atoms with E-state index in [0.29, 0.717) is 12.4 Å². The van der Waals surface area contributed by atoms with Crippen molar-refractivity contribution in [2.75, 3.05) is 37.3 Å². The maximum Gasteiger partial charge on any atom is 0.325 e. The molecule has 2 rings (SSSR count). The standard InChI is InChI=1S/C17H25N3OS/c1-17(2)10-11-20(16(21)19(17)3)15-8-7-14(13-18-15)9-12-22(4,5)6/h7-8,13H,10-11H2,1-6H3. The minimum absolute atomic E-state index is 0.00159. The molecule has 2 amide bonds. The third kappa shape index (κ3) is 3.75. The van der Waals surface area contributed by atoms with E-state index in [1.807, 2.05) is 19.2 Å². The highest BCUT2D eigenvalue weighted by molar-refractivity contribution is 8.35. The Morgan fingerprint density at radius 3 is 2.50 bits per heavy atom. The van der Waals surface area contributed by atoms with E-state index in [-0.39, 0.29) is 11.6 Å². The van der Waals surface area contributed by atoms with Crippen LogP contribution < -0.4 is 4.90 Å². The van der Waals surface area contributed by atoms with E-state index >= 15 is 0 Å². The maximum absolute atomic E-state index is 12.5. The van der Waals surface area contributed by atoms with Gasteiger partial charge in [0.2, 0.25) is 0 Å². The van der Waals surface area contributed by atoms with Gasteiger partial charge in [-0.05, 0) is 56.4 Å². The summed E-state index contributed by atoms with van der Waals surface area (Å²) in [6, 6.07) is 3.82. The third-order valence-corrected chi connectivity index (χ3v) is 4.61. The maximum atomic E-state index is 12.5. The predicted octanol–water partition coefficient (Wildman–Crippen LogP) is 3.13. The van der Waals surface area contributed by atoms with Crippen LogP contribution >= 0.6 is 10.0 Å². The molecule has 120 valence electrons. The molecule has 1 aliphatic heterocycles. The van der Waals surface area contributed by atoms with Gasteiger partial charge in [0, 0.05) is 30.9 Å². The SMILES string of the molecule is CN1C(=O)N(c2ccc(C#CS(C)(C)C)cn2)CCC1(C)C. The lowest BCUT2D eigenvalue weighted by atomic mass is 9.96. The van der Waals surface area contributed by atoms with Gasteiger partial charge >= 0.3 is 6.03 Å². The van der Waals surface area contributed by atoms with Crippen LogP contribution in [0, 0.1) is 11.2 Å². The van der Waals surface area contributed by atoms with Gasteiger partial charge in [-0.3, -0.25) is 4.90 Å². The van der Waals surface area contributed by atoms with Gasteiger partial charge in [-0.25, -0.2) is 9.78 Å². The van der Waals surface area contributed by atoms with E-state index in [2.05, 4.69) is 48.8 Å². The number of rotatable bonds is 1. The Bertz CT molecular complexity index is 620. The number of carbonyl (C=O) groups excluding carboxylic acids is 1. The molecule has 0 N–H and O–H groups in total. The van der Waals surface area contributed by atoms with Crippen LogP contribution in [0.4, 0.5) is 10.6 Å². The average molecular weight is 319 g/mol. The minimum atomic E-state index is -0.842. The zero-order valence-corrected chi connectivity index (χ0v) is 15.1. The van der Waals surface area contributed by atoms with Crippen molar-refractivity contribution in [3.8, 4) is 11.2 Å². The van der Waals surface area contributed by atoms with Crippen LogP contribution in [0.3, 0.4) is 0 Å². The summed E-state index contributed by atoms with van der Waals surface area (Å²) in [5.74, 6) is 3.85. The number of pyridine rings is 1. The molecule has 2 heterocycles. The third-order valence-electron chi connectivity index (χ3n) is 3.90. The van der Waals surface area contributed by atoms with Crippen LogP contribution in [0.2, 0.25) is 0 Å². The van der Waals surface area contributed by atoms with E-state index in [9.17, 15) is 4.79 Å². The number of amides is 2. The van der Waals surface area contributed by atoms with Gasteiger partial charge in [0.25, 0.3) is 0 Å². The molecule has 0 spiro atoms. The monoisotopic (exact) mass is 319 g/mol. The van der Waals surface area contributed by atoms with Gasteiger partial charge in [0.15, 0.2) is 0 Å². The molecule has 0 unspecified atom stereocenters. The Hall–Kier alpha value is -1.67. The van der Waals surface area contributed by atoms with Crippen molar-refractivity contribution in [2.24, 2.45) is 0 Å². The van der Waals surface area contributed by atoms with Crippen molar-refractivity contribution < 1.29 is 4.79 Å². The molecule has 4 nitrogen and oxygen atoms in total. The summed E-state index contributed by atoms with van der Waals surface area (Å²) in [6.07, 6.45) is 9.15. The second-order valence-corrected chi connectivity index (χ2v) is 10.9. The normalized spacial score (nSPS) is 18.7. The molecule has 0 radical (unpaired) electrons. The van der Waals surface area contributed by atoms with Crippen LogP contribution in [-0.4, -0.2) is 53.8 Å². The molecule has 5 heteroatoms. The molecular weight excluding hydrogens is 294 g/mol. The van der Waals surface area contributed by atoms with E-state index in [4.69, 9.17) is 0 Å². The van der Waals surface area contributed by atoms with Crippen LogP contribution in [0.1, 0.15) is 25.8 Å². The van der Waals surface area contributed by atoms with Crippen molar-refractivity contribution >= 4 is 21.9 Å². The first kappa shape index (κ1) is 16.7. The first-order valence-electron chi connectivity index (χ1n) is 7.33. The largest absolute Gasteiger partial charge is 0.325 e. The lowest BCUT2D eigenvalue weighted by Crippen LogP contribution is -2.57. The summed E-state index contributed by atoms with van der Waals surface area (Å²) >= 11 is 0. The summed E-state index contributed by atoms with van der Waals surface area (Å²) in [4.78, 5) is 20.4. The van der Waals surface area contributed by atoms with E-state index < -0.39 is 10.0 Å². The summed E-state index contributed by atoms with van der Waals surface area (Å²) in [6.45, 7) is 4.87. The predicted molar refractivity (Wildman–Crippen MR) is 95.7 cm³/mol. The van der Waals surface area contributed by atoms with Gasteiger partial charge in [0.05, 0.1) is 0 Å². The van der Waals surface area contributed by atoms with Gasteiger partial charge in [-0.1, -0.05) is 5.92 Å². The Balaban J connectivity index is 2.17. The number of hydrogen-bond acceptors (Lipinski definition) is 2. The minimum Gasteiger partial charge on any atom is -0.322 e. The number of anilines is 1. The molecular formula is C17H25N3OS. The fourth-order valence-corrected chi connectivity index (χ4v) is 2.56. The van der Waals surface area contributed by atoms with Gasteiger partial charge in [-0.2, -0.15) is 10.0 Å². The van der Waals surface area contributed by atoms with Crippen LogP contribution in [0.25, 0.3) is 0 Å². The van der Waals surface area contributed by atoms with E-state index in [0.717, 1.165) is 12.0 Å². The lowest BCUT2D eigenvalue weighted by molar-refractivity contribution is 0.140. The van der Waals surface area contributed by atoms with Crippen molar-refractivity contribution in [3.05, 3.63) is 23.9 Å². The Morgan fingerprint density at radius 2 is 1.95 bits per heavy atom. The van der Waals surface area contributed by atoms with Gasteiger partial charge in [0.1, 0.15) is 5.82 Å². The highest BCUT2D eigenvalue weighted by Gasteiger charge is 2.37. The topological polar surface area (TPSA) is 36.4 Å². The zero-order chi connectivity index (χ0) is 16.5. The first-order chi connectivity index (χ1) is 10.1. The number of hydrogen-bond donors (Lipinski definition) is 0. The number of aromatic nitrogens is 1. The summed E-state index contributed by atoms with van der Waals surface area (Å²) in [7, 11) is 1.01. The fraction of sp³-hybridized carbons (Fsp3) is 0.529. The number of carbonyl (C=O) groups is 1. The molecule has 22 heavy (non-hydrogen) atoms. The van der Waals surface area contributed by atoms with Crippen molar-refractivity contribution in [3.63, 3.8) is 0 Å². The van der Waals surface area contributed by atoms with Crippen LogP contribution in [0.15, 0.2) is 18.3 Å². The molecule has 0 atom stereocenters. The zero-order valence-electron chi connectivity index (χ0n) is 14.3. The molecule has 0 bridgehead atoms. The fourth-order valence-electron chi connectivity index (χ4n) is 2.13. The molecule has 0 saturated carbocycles. The highest BCUT2D eigenvalue weighted by atomic mass is 32.3. The van der Waals surface area contributed by atoms with E-state index in [1.54, 1.807) is 16.0 Å². The molecule has 0 aliphatic carbocycles. The molecule has 1 fully saturated rings. The molecule has 1 aromatic rings. The number of urea groups is 1. The number of nitrogens with zero attached hydrogens (tertiary/aromatic N) is 3. The summed E-state index contributed by atoms with van der Waals surface area (Å²) < 4.78 is 0. The smallest absolute Gasteiger partial charge is 0.322 e.